The van der Waals surface area contributed by atoms with E-state index in [1.165, 1.54) is 0 Å². The Balaban J connectivity index is 1.56. The molecule has 1 aliphatic rings. The van der Waals surface area contributed by atoms with Crippen molar-refractivity contribution < 1.29 is 19.0 Å². The Morgan fingerprint density at radius 2 is 1.92 bits per heavy atom. The summed E-state index contributed by atoms with van der Waals surface area (Å²) in [6, 6.07) is 12.8. The van der Waals surface area contributed by atoms with Gasteiger partial charge < -0.3 is 24.5 Å². The molecule has 0 aliphatic carbocycles. The fourth-order valence-corrected chi connectivity index (χ4v) is 2.80. The number of H-pyrrole nitrogens is 1. The molecule has 0 saturated heterocycles. The molecule has 0 spiro atoms. The lowest BCUT2D eigenvalue weighted by atomic mass is 10.2. The first-order chi connectivity index (χ1) is 12.2. The molecule has 0 unspecified atom stereocenters. The first-order valence-electron chi connectivity index (χ1n) is 8.11. The molecule has 3 aromatic rings. The number of ether oxygens (including phenoxy) is 3. The molecular weight excluding hydrogens is 320 g/mol. The molecule has 0 fully saturated rings. The van der Waals surface area contributed by atoms with Gasteiger partial charge in [0.05, 0.1) is 20.3 Å². The lowest BCUT2D eigenvalue weighted by Gasteiger charge is -2.10. The molecule has 1 aliphatic heterocycles. The average Bonchev–Trinajstić information content (AvgIpc) is 2.92. The highest BCUT2D eigenvalue weighted by Gasteiger charge is 2.14. The quantitative estimate of drug-likeness (QED) is 0.765. The zero-order valence-corrected chi connectivity index (χ0v) is 13.8. The highest BCUT2D eigenvalue weighted by Crippen LogP contribution is 2.32. The van der Waals surface area contributed by atoms with Crippen molar-refractivity contribution in [2.45, 2.75) is 6.42 Å². The van der Waals surface area contributed by atoms with E-state index in [1.54, 1.807) is 25.3 Å². The molecule has 0 atom stereocenters. The number of methoxy groups -OCH3 is 1. The Bertz CT molecular complexity index is 932. The Kier molecular flexibility index (Phi) is 3.93. The maximum absolute atomic E-state index is 12.5. The van der Waals surface area contributed by atoms with E-state index in [0.717, 1.165) is 23.1 Å². The standard InChI is InChI=1S/C19H18N2O4/c1-23-14-4-5-15-12(9-14)10-16(21-15)19(22)20-13-3-6-17-18(11-13)25-8-2-7-24-17/h3-6,9-11,21H,2,7-8H2,1H3,(H,20,22). The summed E-state index contributed by atoms with van der Waals surface area (Å²) in [6.07, 6.45) is 0.842. The van der Waals surface area contributed by atoms with E-state index in [2.05, 4.69) is 10.3 Å². The van der Waals surface area contributed by atoms with Gasteiger partial charge in [0, 0.05) is 29.1 Å². The smallest absolute Gasteiger partial charge is 0.272 e. The molecular formula is C19H18N2O4. The number of carbonyl (C=O) groups excluding carboxylic acids is 1. The van der Waals surface area contributed by atoms with Crippen LogP contribution in [0.1, 0.15) is 16.9 Å². The summed E-state index contributed by atoms with van der Waals surface area (Å²) in [5.41, 5.74) is 2.02. The summed E-state index contributed by atoms with van der Waals surface area (Å²) < 4.78 is 16.5. The summed E-state index contributed by atoms with van der Waals surface area (Å²) in [6.45, 7) is 1.24. The number of rotatable bonds is 3. The molecule has 4 rings (SSSR count). The van der Waals surface area contributed by atoms with Crippen LogP contribution in [0.2, 0.25) is 0 Å². The van der Waals surface area contributed by atoms with E-state index in [9.17, 15) is 4.79 Å². The summed E-state index contributed by atoms with van der Waals surface area (Å²) in [7, 11) is 1.62. The third-order valence-corrected chi connectivity index (χ3v) is 4.08. The Hall–Kier alpha value is -3.15. The Labute approximate surface area is 144 Å². The fraction of sp³-hybridized carbons (Fsp3) is 0.211. The van der Waals surface area contributed by atoms with Crippen LogP contribution in [0.5, 0.6) is 17.2 Å². The summed E-state index contributed by atoms with van der Waals surface area (Å²) in [5.74, 6) is 1.89. The summed E-state index contributed by atoms with van der Waals surface area (Å²) in [4.78, 5) is 15.6. The Morgan fingerprint density at radius 1 is 1.08 bits per heavy atom. The monoisotopic (exact) mass is 338 g/mol. The van der Waals surface area contributed by atoms with Crippen LogP contribution in [0.3, 0.4) is 0 Å². The minimum absolute atomic E-state index is 0.218. The molecule has 0 radical (unpaired) electrons. The van der Waals surface area contributed by atoms with Crippen molar-refractivity contribution in [2.75, 3.05) is 25.6 Å². The van der Waals surface area contributed by atoms with E-state index >= 15 is 0 Å². The number of carbonyl (C=O) groups is 1. The van der Waals surface area contributed by atoms with Crippen molar-refractivity contribution in [2.24, 2.45) is 0 Å². The molecule has 25 heavy (non-hydrogen) atoms. The number of aromatic amines is 1. The van der Waals surface area contributed by atoms with Crippen molar-refractivity contribution in [3.05, 3.63) is 48.2 Å². The number of nitrogens with one attached hydrogen (secondary N) is 2. The van der Waals surface area contributed by atoms with Gasteiger partial charge >= 0.3 is 0 Å². The van der Waals surface area contributed by atoms with Crippen molar-refractivity contribution >= 4 is 22.5 Å². The molecule has 6 nitrogen and oxygen atoms in total. The number of fused-ring (bicyclic) bond motifs is 2. The molecule has 0 saturated carbocycles. The van der Waals surface area contributed by atoms with Gasteiger partial charge in [0.25, 0.3) is 5.91 Å². The number of hydrogen-bond donors (Lipinski definition) is 2. The third-order valence-electron chi connectivity index (χ3n) is 4.08. The van der Waals surface area contributed by atoms with Crippen LogP contribution in [0.25, 0.3) is 10.9 Å². The van der Waals surface area contributed by atoms with Crippen molar-refractivity contribution in [3.8, 4) is 17.2 Å². The number of benzene rings is 2. The van der Waals surface area contributed by atoms with Crippen LogP contribution >= 0.6 is 0 Å². The van der Waals surface area contributed by atoms with Gasteiger partial charge in [-0.05, 0) is 36.4 Å². The number of anilines is 1. The van der Waals surface area contributed by atoms with Crippen LogP contribution in [0.4, 0.5) is 5.69 Å². The van der Waals surface area contributed by atoms with Crippen LogP contribution in [0, 0.1) is 0 Å². The SMILES string of the molecule is COc1ccc2[nH]c(C(=O)Nc3ccc4c(c3)OCCCO4)cc2c1. The molecule has 2 N–H and O–H groups in total. The van der Waals surface area contributed by atoms with E-state index < -0.39 is 0 Å². The molecule has 2 aromatic carbocycles. The van der Waals surface area contributed by atoms with Crippen molar-refractivity contribution in [1.82, 2.24) is 4.98 Å². The summed E-state index contributed by atoms with van der Waals surface area (Å²) >= 11 is 0. The predicted molar refractivity (Wildman–Crippen MR) is 94.9 cm³/mol. The highest BCUT2D eigenvalue weighted by atomic mass is 16.5. The molecule has 0 bridgehead atoms. The molecule has 2 heterocycles. The van der Waals surface area contributed by atoms with E-state index in [0.29, 0.717) is 36.1 Å². The van der Waals surface area contributed by atoms with E-state index in [-0.39, 0.29) is 5.91 Å². The highest BCUT2D eigenvalue weighted by molar-refractivity contribution is 6.06. The van der Waals surface area contributed by atoms with Gasteiger partial charge in [-0.3, -0.25) is 4.79 Å². The largest absolute Gasteiger partial charge is 0.497 e. The Morgan fingerprint density at radius 3 is 2.76 bits per heavy atom. The minimum Gasteiger partial charge on any atom is -0.497 e. The molecule has 6 heteroatoms. The van der Waals surface area contributed by atoms with Crippen LogP contribution in [0.15, 0.2) is 42.5 Å². The zero-order valence-electron chi connectivity index (χ0n) is 13.8. The predicted octanol–water partition coefficient (Wildman–Crippen LogP) is 3.59. The minimum atomic E-state index is -0.218. The average molecular weight is 338 g/mol. The number of amides is 1. The van der Waals surface area contributed by atoms with Gasteiger partial charge in [0.15, 0.2) is 11.5 Å². The number of aromatic nitrogens is 1. The van der Waals surface area contributed by atoms with Crippen LogP contribution in [-0.4, -0.2) is 31.2 Å². The van der Waals surface area contributed by atoms with Gasteiger partial charge in [-0.15, -0.1) is 0 Å². The molecule has 1 amide bonds. The maximum atomic E-state index is 12.5. The van der Waals surface area contributed by atoms with E-state index in [1.807, 2.05) is 24.3 Å². The number of hydrogen-bond acceptors (Lipinski definition) is 4. The van der Waals surface area contributed by atoms with Crippen LogP contribution in [-0.2, 0) is 0 Å². The molecule has 1 aromatic heterocycles. The van der Waals surface area contributed by atoms with Crippen molar-refractivity contribution in [3.63, 3.8) is 0 Å². The van der Waals surface area contributed by atoms with Gasteiger partial charge in [0.1, 0.15) is 11.4 Å². The van der Waals surface area contributed by atoms with E-state index in [4.69, 9.17) is 14.2 Å². The second kappa shape index (κ2) is 6.39. The first-order valence-corrected chi connectivity index (χ1v) is 8.11. The normalized spacial score (nSPS) is 13.3. The molecule has 128 valence electrons. The second-order valence-electron chi connectivity index (χ2n) is 5.80. The maximum Gasteiger partial charge on any atom is 0.272 e. The topological polar surface area (TPSA) is 72.6 Å². The zero-order chi connectivity index (χ0) is 17.2. The van der Waals surface area contributed by atoms with Gasteiger partial charge in [-0.2, -0.15) is 0 Å². The van der Waals surface area contributed by atoms with Gasteiger partial charge in [-0.1, -0.05) is 0 Å². The first kappa shape index (κ1) is 15.4. The summed E-state index contributed by atoms with van der Waals surface area (Å²) in [5, 5.41) is 3.80. The van der Waals surface area contributed by atoms with Gasteiger partial charge in [0.2, 0.25) is 0 Å². The fourth-order valence-electron chi connectivity index (χ4n) is 2.80. The van der Waals surface area contributed by atoms with Gasteiger partial charge in [-0.25, -0.2) is 0 Å². The van der Waals surface area contributed by atoms with Crippen molar-refractivity contribution in [1.29, 1.82) is 0 Å². The van der Waals surface area contributed by atoms with Crippen LogP contribution < -0.4 is 19.5 Å². The lowest BCUT2D eigenvalue weighted by Crippen LogP contribution is -2.12. The lowest BCUT2D eigenvalue weighted by molar-refractivity contribution is 0.102. The second-order valence-corrected chi connectivity index (χ2v) is 5.80. The third kappa shape index (κ3) is 3.10.